The average molecular weight is 329 g/mol. The van der Waals surface area contributed by atoms with Crippen molar-refractivity contribution in [1.29, 1.82) is 0 Å². The zero-order valence-electron chi connectivity index (χ0n) is 11.7. The van der Waals surface area contributed by atoms with E-state index in [1.807, 2.05) is 19.1 Å². The van der Waals surface area contributed by atoms with Crippen molar-refractivity contribution in [1.82, 2.24) is 10.3 Å². The Morgan fingerprint density at radius 1 is 1.29 bits per heavy atom. The summed E-state index contributed by atoms with van der Waals surface area (Å²) in [5.41, 5.74) is 1.68. The van der Waals surface area contributed by atoms with Crippen LogP contribution >= 0.6 is 23.2 Å². The molecule has 6 heteroatoms. The third kappa shape index (κ3) is 4.06. The SMILES string of the molecule is COc1cc(CNC(C)c2cc(F)c(Cl)cc2Cl)ccn1. The van der Waals surface area contributed by atoms with Crippen molar-refractivity contribution in [2.45, 2.75) is 19.5 Å². The molecule has 1 heterocycles. The van der Waals surface area contributed by atoms with Gasteiger partial charge in [-0.2, -0.15) is 0 Å². The second kappa shape index (κ2) is 7.07. The molecule has 0 aliphatic heterocycles. The van der Waals surface area contributed by atoms with E-state index in [1.54, 1.807) is 13.3 Å². The first-order valence-electron chi connectivity index (χ1n) is 6.38. The summed E-state index contributed by atoms with van der Waals surface area (Å²) in [4.78, 5) is 4.04. The predicted molar refractivity (Wildman–Crippen MR) is 82.5 cm³/mol. The molecule has 2 aromatic rings. The Balaban J connectivity index is 2.07. The number of nitrogens with zero attached hydrogens (tertiary/aromatic N) is 1. The molecule has 0 bridgehead atoms. The van der Waals surface area contributed by atoms with Crippen molar-refractivity contribution in [3.63, 3.8) is 0 Å². The maximum Gasteiger partial charge on any atom is 0.213 e. The number of halogens is 3. The molecule has 21 heavy (non-hydrogen) atoms. The van der Waals surface area contributed by atoms with Gasteiger partial charge in [-0.05, 0) is 36.2 Å². The quantitative estimate of drug-likeness (QED) is 0.826. The molecular formula is C15H15Cl2FN2O. The van der Waals surface area contributed by atoms with Crippen molar-refractivity contribution < 1.29 is 9.13 Å². The van der Waals surface area contributed by atoms with Gasteiger partial charge in [0.25, 0.3) is 0 Å². The highest BCUT2D eigenvalue weighted by Gasteiger charge is 2.13. The molecule has 1 N–H and O–H groups in total. The van der Waals surface area contributed by atoms with Crippen LogP contribution in [-0.2, 0) is 6.54 Å². The van der Waals surface area contributed by atoms with E-state index in [0.29, 0.717) is 23.0 Å². The molecule has 1 aromatic heterocycles. The number of methoxy groups -OCH3 is 1. The van der Waals surface area contributed by atoms with Crippen LogP contribution in [0.2, 0.25) is 10.0 Å². The number of hydrogen-bond donors (Lipinski definition) is 1. The Hall–Kier alpha value is -1.36. The Morgan fingerprint density at radius 2 is 2.05 bits per heavy atom. The summed E-state index contributed by atoms with van der Waals surface area (Å²) in [6.07, 6.45) is 1.68. The second-order valence-corrected chi connectivity index (χ2v) is 5.41. The minimum atomic E-state index is -0.477. The Labute approximate surface area is 133 Å². The maximum atomic E-state index is 13.5. The molecule has 3 nitrogen and oxygen atoms in total. The molecule has 0 amide bonds. The number of hydrogen-bond acceptors (Lipinski definition) is 3. The molecule has 1 atom stereocenters. The fraction of sp³-hybridized carbons (Fsp3) is 0.267. The van der Waals surface area contributed by atoms with E-state index in [2.05, 4.69) is 10.3 Å². The summed E-state index contributed by atoms with van der Waals surface area (Å²) in [5.74, 6) is 0.0767. The Kier molecular flexibility index (Phi) is 5.39. The first-order valence-corrected chi connectivity index (χ1v) is 7.13. The molecule has 0 saturated carbocycles. The van der Waals surface area contributed by atoms with Crippen LogP contribution in [0.4, 0.5) is 4.39 Å². The van der Waals surface area contributed by atoms with E-state index in [1.165, 1.54) is 12.1 Å². The van der Waals surface area contributed by atoms with E-state index in [0.717, 1.165) is 5.56 Å². The van der Waals surface area contributed by atoms with Gasteiger partial charge in [0, 0.05) is 29.9 Å². The molecule has 0 fully saturated rings. The van der Waals surface area contributed by atoms with Gasteiger partial charge in [-0.15, -0.1) is 0 Å². The van der Waals surface area contributed by atoms with E-state index >= 15 is 0 Å². The fourth-order valence-electron chi connectivity index (χ4n) is 1.92. The largest absolute Gasteiger partial charge is 0.481 e. The highest BCUT2D eigenvalue weighted by Crippen LogP contribution is 2.28. The number of aromatic nitrogens is 1. The van der Waals surface area contributed by atoms with E-state index in [4.69, 9.17) is 27.9 Å². The van der Waals surface area contributed by atoms with Crippen LogP contribution in [0, 0.1) is 5.82 Å². The summed E-state index contributed by atoms with van der Waals surface area (Å²) in [7, 11) is 1.57. The molecule has 1 aromatic carbocycles. The van der Waals surface area contributed by atoms with E-state index in [-0.39, 0.29) is 11.1 Å². The third-order valence-electron chi connectivity index (χ3n) is 3.13. The van der Waals surface area contributed by atoms with E-state index < -0.39 is 5.82 Å². The zero-order valence-corrected chi connectivity index (χ0v) is 13.2. The smallest absolute Gasteiger partial charge is 0.213 e. The predicted octanol–water partition coefficient (Wildman–Crippen LogP) is 4.39. The Morgan fingerprint density at radius 3 is 2.76 bits per heavy atom. The molecule has 112 valence electrons. The molecule has 2 rings (SSSR count). The van der Waals surface area contributed by atoms with Crippen molar-refractivity contribution in [2.75, 3.05) is 7.11 Å². The number of ether oxygens (including phenoxy) is 1. The number of benzene rings is 1. The van der Waals surface area contributed by atoms with Crippen LogP contribution in [-0.4, -0.2) is 12.1 Å². The molecule has 1 unspecified atom stereocenters. The lowest BCUT2D eigenvalue weighted by Crippen LogP contribution is -2.18. The summed E-state index contributed by atoms with van der Waals surface area (Å²) in [6.45, 7) is 2.49. The van der Waals surface area contributed by atoms with Gasteiger partial charge in [-0.25, -0.2) is 9.37 Å². The van der Waals surface area contributed by atoms with Gasteiger partial charge in [-0.3, -0.25) is 0 Å². The standard InChI is InChI=1S/C15H15Cl2FN2O/c1-9(11-6-14(18)13(17)7-12(11)16)20-8-10-3-4-19-15(5-10)21-2/h3-7,9,20H,8H2,1-2H3. The monoisotopic (exact) mass is 328 g/mol. The third-order valence-corrected chi connectivity index (χ3v) is 3.74. The van der Waals surface area contributed by atoms with Gasteiger partial charge in [0.15, 0.2) is 0 Å². The maximum absolute atomic E-state index is 13.5. The molecule has 0 saturated heterocycles. The minimum Gasteiger partial charge on any atom is -0.481 e. The minimum absolute atomic E-state index is 0.0230. The lowest BCUT2D eigenvalue weighted by Gasteiger charge is -2.16. The van der Waals surface area contributed by atoms with Crippen LogP contribution < -0.4 is 10.1 Å². The fourth-order valence-corrected chi connectivity index (χ4v) is 2.47. The first kappa shape index (κ1) is 16.0. The van der Waals surface area contributed by atoms with Crippen LogP contribution in [0.3, 0.4) is 0 Å². The van der Waals surface area contributed by atoms with Crippen LogP contribution in [0.1, 0.15) is 24.1 Å². The lowest BCUT2D eigenvalue weighted by molar-refractivity contribution is 0.397. The first-order chi connectivity index (χ1) is 10.0. The van der Waals surface area contributed by atoms with Gasteiger partial charge >= 0.3 is 0 Å². The summed E-state index contributed by atoms with van der Waals surface area (Å²) < 4.78 is 18.6. The van der Waals surface area contributed by atoms with E-state index in [9.17, 15) is 4.39 Å². The van der Waals surface area contributed by atoms with Crippen molar-refractivity contribution in [3.05, 3.63) is 57.5 Å². The number of nitrogens with one attached hydrogen (secondary N) is 1. The molecule has 0 radical (unpaired) electrons. The molecule has 0 spiro atoms. The summed E-state index contributed by atoms with van der Waals surface area (Å²) in [5, 5.41) is 3.74. The van der Waals surface area contributed by atoms with Crippen LogP contribution in [0.25, 0.3) is 0 Å². The lowest BCUT2D eigenvalue weighted by atomic mass is 10.1. The van der Waals surface area contributed by atoms with Gasteiger partial charge in [0.2, 0.25) is 5.88 Å². The summed E-state index contributed by atoms with van der Waals surface area (Å²) in [6, 6.07) is 6.37. The number of rotatable bonds is 5. The normalized spacial score (nSPS) is 12.2. The van der Waals surface area contributed by atoms with Gasteiger partial charge < -0.3 is 10.1 Å². The highest BCUT2D eigenvalue weighted by molar-refractivity contribution is 6.35. The Bertz CT molecular complexity index is 637. The van der Waals surface area contributed by atoms with Crippen molar-refractivity contribution in [2.24, 2.45) is 0 Å². The van der Waals surface area contributed by atoms with Crippen LogP contribution in [0.15, 0.2) is 30.5 Å². The topological polar surface area (TPSA) is 34.1 Å². The molecule has 0 aliphatic carbocycles. The highest BCUT2D eigenvalue weighted by atomic mass is 35.5. The van der Waals surface area contributed by atoms with Gasteiger partial charge in [0.1, 0.15) is 5.82 Å². The molecule has 0 aliphatic rings. The molecular weight excluding hydrogens is 314 g/mol. The van der Waals surface area contributed by atoms with Gasteiger partial charge in [0.05, 0.1) is 12.1 Å². The summed E-state index contributed by atoms with van der Waals surface area (Å²) >= 11 is 11.8. The second-order valence-electron chi connectivity index (χ2n) is 4.60. The van der Waals surface area contributed by atoms with Crippen molar-refractivity contribution in [3.8, 4) is 5.88 Å². The number of pyridine rings is 1. The van der Waals surface area contributed by atoms with Crippen LogP contribution in [0.5, 0.6) is 5.88 Å². The average Bonchev–Trinajstić information content (AvgIpc) is 2.48. The van der Waals surface area contributed by atoms with Crippen molar-refractivity contribution >= 4 is 23.2 Å². The van der Waals surface area contributed by atoms with Gasteiger partial charge in [-0.1, -0.05) is 23.2 Å². The zero-order chi connectivity index (χ0) is 15.4.